The molecule has 0 aliphatic heterocycles. The van der Waals surface area contributed by atoms with Crippen LogP contribution in [0.15, 0.2) is 97.1 Å². The van der Waals surface area contributed by atoms with E-state index in [1.54, 1.807) is 149 Å². The molecule has 0 saturated carbocycles. The van der Waals surface area contributed by atoms with E-state index in [1.165, 1.54) is 11.9 Å². The maximum atomic E-state index is 12.2. The van der Waals surface area contributed by atoms with E-state index in [2.05, 4.69) is 10.6 Å². The van der Waals surface area contributed by atoms with Gasteiger partial charge in [0.15, 0.2) is 0 Å². The van der Waals surface area contributed by atoms with Crippen molar-refractivity contribution in [2.75, 3.05) is 41.8 Å². The van der Waals surface area contributed by atoms with Gasteiger partial charge in [0.1, 0.15) is 34.5 Å². The summed E-state index contributed by atoms with van der Waals surface area (Å²) in [5.74, 6) is -3.64. The second-order valence-electron chi connectivity index (χ2n) is 23.6. The predicted molar refractivity (Wildman–Crippen MR) is 337 cm³/mol. The van der Waals surface area contributed by atoms with Crippen molar-refractivity contribution in [2.45, 2.75) is 156 Å². The molecule has 4 aromatic carbocycles. The molecule has 0 spiro atoms. The molecule has 0 fully saturated rings. The van der Waals surface area contributed by atoms with E-state index in [0.29, 0.717) is 33.1 Å². The Labute approximate surface area is 525 Å². The Morgan fingerprint density at radius 1 is 0.447 bits per heavy atom. The number of rotatable bonds is 18. The van der Waals surface area contributed by atoms with Crippen LogP contribution in [-0.2, 0) is 63.8 Å². The number of nitrogens with zero attached hydrogens (tertiary/aromatic N) is 3. The number of aliphatic carboxylic acids is 2. The second-order valence-corrected chi connectivity index (χ2v) is 25.4. The van der Waals surface area contributed by atoms with E-state index in [1.807, 2.05) is 64.2 Å². The van der Waals surface area contributed by atoms with E-state index >= 15 is 0 Å². The van der Waals surface area contributed by atoms with Crippen LogP contribution in [0.3, 0.4) is 0 Å². The molecule has 85 heavy (non-hydrogen) atoms. The van der Waals surface area contributed by atoms with Crippen LogP contribution >= 0.6 is 46.4 Å². The van der Waals surface area contributed by atoms with Crippen molar-refractivity contribution < 1.29 is 62.7 Å². The van der Waals surface area contributed by atoms with Gasteiger partial charge in [-0.2, -0.15) is 0 Å². The van der Waals surface area contributed by atoms with Crippen molar-refractivity contribution in [3.05, 3.63) is 139 Å². The number of carbonyl (C=O) groups is 7. The number of amides is 4. The number of esters is 1. The summed E-state index contributed by atoms with van der Waals surface area (Å²) in [6.07, 6.45) is -0.0700. The van der Waals surface area contributed by atoms with Crippen LogP contribution in [0.2, 0.25) is 20.1 Å². The lowest BCUT2D eigenvalue weighted by Crippen LogP contribution is -2.49. The second kappa shape index (κ2) is 36.7. The van der Waals surface area contributed by atoms with Crippen molar-refractivity contribution in [1.82, 2.24) is 25.3 Å². The molecule has 0 saturated heterocycles. The summed E-state index contributed by atoms with van der Waals surface area (Å²) < 4.78 is 21.1. The van der Waals surface area contributed by atoms with Gasteiger partial charge in [-0.1, -0.05) is 94.9 Å². The molecule has 469 valence electrons. The Hall–Kier alpha value is -6.25. The molecule has 0 heterocycles. The van der Waals surface area contributed by atoms with Gasteiger partial charge in [0, 0.05) is 76.1 Å². The van der Waals surface area contributed by atoms with Gasteiger partial charge >= 0.3 is 36.2 Å². The van der Waals surface area contributed by atoms with Crippen molar-refractivity contribution in [2.24, 2.45) is 5.92 Å². The summed E-state index contributed by atoms with van der Waals surface area (Å²) in [4.78, 5) is 86.8. The first-order chi connectivity index (χ1) is 38.6. The lowest BCUT2D eigenvalue weighted by molar-refractivity contribution is -0.159. The largest absolute Gasteiger partial charge is 0.481 e. The molecule has 0 aliphatic carbocycles. The summed E-state index contributed by atoms with van der Waals surface area (Å²) in [7, 11) is 8.16. The molecule has 18 nitrogen and oxygen atoms in total. The Balaban J connectivity index is 0.00000110. The maximum Gasteiger partial charge on any atom is 0.410 e. The predicted octanol–water partition coefficient (Wildman–Crippen LogP) is 12.3. The number of hydrogen-bond donors (Lipinski definition) is 4. The van der Waals surface area contributed by atoms with Gasteiger partial charge in [0.25, 0.3) is 0 Å². The summed E-state index contributed by atoms with van der Waals surface area (Å²) in [6.45, 7) is 22.1. The molecule has 3 radical (unpaired) electrons. The minimum atomic E-state index is -1.08. The Morgan fingerprint density at radius 2 is 0.741 bits per heavy atom. The molecular weight excluding hydrogens is 1180 g/mol. The van der Waals surface area contributed by atoms with Crippen LogP contribution in [-0.4, -0.2) is 158 Å². The molecular formula is C62H87BCl4N5O13. The Kier molecular flexibility index (Phi) is 34.0. The number of hydrogen-bond acceptors (Lipinski definition) is 12. The molecule has 0 aromatic heterocycles. The number of ether oxygens (including phenoxy) is 4. The number of benzene rings is 4. The molecule has 23 heteroatoms. The Bertz CT molecular complexity index is 2710. The van der Waals surface area contributed by atoms with Crippen LogP contribution in [0.1, 0.15) is 112 Å². The molecule has 4 aromatic rings. The van der Waals surface area contributed by atoms with E-state index in [9.17, 15) is 43.8 Å². The zero-order chi connectivity index (χ0) is 64.5. The van der Waals surface area contributed by atoms with E-state index in [0.717, 1.165) is 33.6 Å². The minimum Gasteiger partial charge on any atom is -0.481 e. The lowest BCUT2D eigenvalue weighted by Gasteiger charge is -2.30. The first-order valence-corrected chi connectivity index (χ1v) is 28.5. The highest BCUT2D eigenvalue weighted by atomic mass is 35.5. The molecule has 4 rings (SSSR count). The first kappa shape index (κ1) is 78.8. The quantitative estimate of drug-likeness (QED) is 0.0413. The molecule has 4 N–H and O–H groups in total. The van der Waals surface area contributed by atoms with Crippen LogP contribution in [0, 0.1) is 5.92 Å². The number of carboxylic acid groups (broad SMARTS) is 2. The van der Waals surface area contributed by atoms with Gasteiger partial charge in [0.2, 0.25) is 5.91 Å². The topological polar surface area (TPSA) is 231 Å². The van der Waals surface area contributed by atoms with Crippen LogP contribution < -0.4 is 10.6 Å². The van der Waals surface area contributed by atoms with Crippen molar-refractivity contribution >= 4 is 96.9 Å². The number of carboxylic acids is 2. The van der Waals surface area contributed by atoms with E-state index in [-0.39, 0.29) is 45.7 Å². The molecule has 0 aliphatic rings. The SMILES string of the molecule is CC(C)(C)OC(=O)C[C@H](Cc1ccc(Cl)cc1)C(=O)O.CN(C(=O)OC(C)(C)C)[C@H](Cc1ccc(Cl)cc1)C(=O)O.CNC(=O)[C@@H](Cc1ccc(Cl)cc1)N(C)C(=O)OC(C)(C)C.CNC[C@@H](Cc1ccc(Cl)cc1)N(C)C(=O)OC(C)(C)C.[B]. The van der Waals surface area contributed by atoms with Crippen LogP contribution in [0.4, 0.5) is 14.4 Å². The number of carbonyl (C=O) groups excluding carboxylic acids is 5. The zero-order valence-corrected chi connectivity index (χ0v) is 55.1. The standard InChI is InChI=1S/C16H23ClN2O3.C16H25ClN2O2.C15H20ClNO4.C15H19ClO4.B/c1-16(2,3)22-15(21)19(5)13(14(20)18-4)10-11-6-8-12(17)9-7-11;1-16(2,3)21-15(20)19(5)14(11-18-4)10-12-6-8-13(17)9-7-12;1-15(2,3)21-14(20)17(4)12(13(18)19)9-10-5-7-11(16)8-6-10;1-15(2,3)20-13(17)9-11(14(18)19)8-10-4-6-12(16)7-5-10;/h6-9,13H,10H2,1-5H3,(H,18,20);6-9,14,18H,10-11H2,1-5H3;5-8,12H,9H2,1-4H3,(H,18,19);4-7,11H,8-9H2,1-3H3,(H,18,19);/t13-;14-;12-;11-;/m1110./s1. The number of nitrogens with one attached hydrogen (secondary N) is 2. The van der Waals surface area contributed by atoms with Gasteiger partial charge in [-0.15, -0.1) is 0 Å². The van der Waals surface area contributed by atoms with Gasteiger partial charge in [-0.25, -0.2) is 19.2 Å². The summed E-state index contributed by atoms with van der Waals surface area (Å²) >= 11 is 23.3. The molecule has 0 bridgehead atoms. The van der Waals surface area contributed by atoms with Gasteiger partial charge in [0.05, 0.1) is 18.4 Å². The molecule has 0 unspecified atom stereocenters. The smallest absolute Gasteiger partial charge is 0.410 e. The van der Waals surface area contributed by atoms with E-state index < -0.39 is 70.5 Å². The number of halogens is 4. The third kappa shape index (κ3) is 33.9. The highest BCUT2D eigenvalue weighted by molar-refractivity contribution is 6.31. The summed E-state index contributed by atoms with van der Waals surface area (Å²) in [6, 6.07) is 27.0. The third-order valence-electron chi connectivity index (χ3n) is 11.4. The first-order valence-electron chi connectivity index (χ1n) is 27.0. The highest BCUT2D eigenvalue weighted by Crippen LogP contribution is 2.22. The monoisotopic (exact) mass is 1260 g/mol. The molecule has 4 atom stereocenters. The van der Waals surface area contributed by atoms with Crippen molar-refractivity contribution in [1.29, 1.82) is 0 Å². The fourth-order valence-electron chi connectivity index (χ4n) is 7.27. The minimum absolute atomic E-state index is 0. The van der Waals surface area contributed by atoms with Crippen LogP contribution in [0.5, 0.6) is 0 Å². The normalized spacial score (nSPS) is 12.5. The fourth-order valence-corrected chi connectivity index (χ4v) is 7.77. The number of likely N-dealkylation sites (N-methyl/N-ethyl adjacent to an activating group) is 5. The summed E-state index contributed by atoms with van der Waals surface area (Å²) in [5, 5.41) is 26.7. The lowest BCUT2D eigenvalue weighted by atomic mass is 9.96. The molecule has 4 amide bonds. The third-order valence-corrected chi connectivity index (χ3v) is 12.5. The van der Waals surface area contributed by atoms with Gasteiger partial charge < -0.3 is 44.7 Å². The van der Waals surface area contributed by atoms with Crippen LogP contribution in [0.25, 0.3) is 0 Å². The average molecular weight is 1260 g/mol. The summed E-state index contributed by atoms with van der Waals surface area (Å²) in [5.41, 5.74) is 1.26. The zero-order valence-electron chi connectivity index (χ0n) is 52.1. The Morgan fingerprint density at radius 3 is 1.04 bits per heavy atom. The maximum absolute atomic E-state index is 12.2. The fraction of sp³-hybridized carbons (Fsp3) is 0.500. The van der Waals surface area contributed by atoms with Crippen molar-refractivity contribution in [3.8, 4) is 0 Å². The van der Waals surface area contributed by atoms with Crippen molar-refractivity contribution in [3.63, 3.8) is 0 Å². The average Bonchev–Trinajstić information content (AvgIpc) is 3.54. The van der Waals surface area contributed by atoms with Gasteiger partial charge in [-0.3, -0.25) is 24.2 Å². The van der Waals surface area contributed by atoms with Gasteiger partial charge in [-0.05, 0) is 174 Å². The van der Waals surface area contributed by atoms with E-state index in [4.69, 9.17) is 65.4 Å². The highest BCUT2D eigenvalue weighted by Gasteiger charge is 2.32.